The fraction of sp³-hybridized carbons (Fsp3) is 0.150. The molecule has 7 nitrogen and oxygen atoms in total. The third-order valence-electron chi connectivity index (χ3n) is 4.37. The molecule has 9 heteroatoms. The first kappa shape index (κ1) is 20.4. The Balaban J connectivity index is 1.96. The second-order valence-electron chi connectivity index (χ2n) is 6.48. The third-order valence-corrected chi connectivity index (χ3v) is 5.17. The number of nitrogens with zero attached hydrogens (tertiary/aromatic N) is 2. The van der Waals surface area contributed by atoms with Crippen molar-refractivity contribution in [3.05, 3.63) is 71.2 Å². The number of nitrogens with one attached hydrogen (secondary N) is 1. The molecule has 0 saturated carbocycles. The molecule has 3 rings (SSSR count). The van der Waals surface area contributed by atoms with Gasteiger partial charge < -0.3 is 11.1 Å². The van der Waals surface area contributed by atoms with Crippen molar-refractivity contribution in [2.24, 2.45) is 11.6 Å². The fourth-order valence-corrected chi connectivity index (χ4v) is 3.47. The van der Waals surface area contributed by atoms with Crippen LogP contribution in [0.2, 0.25) is 0 Å². The Labute approximate surface area is 171 Å². The van der Waals surface area contributed by atoms with Crippen LogP contribution in [0, 0.1) is 12.7 Å². The molecule has 1 unspecified atom stereocenters. The summed E-state index contributed by atoms with van der Waals surface area (Å²) >= 11 is 1.19. The normalized spacial score (nSPS) is 11.7. The highest BCUT2D eigenvalue weighted by molar-refractivity contribution is 7.10. The van der Waals surface area contributed by atoms with Gasteiger partial charge in [0.25, 0.3) is 5.91 Å². The van der Waals surface area contributed by atoms with E-state index in [9.17, 15) is 14.0 Å². The maximum Gasteiger partial charge on any atom is 0.250 e. The van der Waals surface area contributed by atoms with Crippen molar-refractivity contribution in [2.75, 3.05) is 10.3 Å². The highest BCUT2D eigenvalue weighted by Gasteiger charge is 2.25. The van der Waals surface area contributed by atoms with E-state index in [0.717, 1.165) is 16.8 Å². The Morgan fingerprint density at radius 1 is 1.21 bits per heavy atom. The predicted octanol–water partition coefficient (Wildman–Crippen LogP) is 3.38. The third kappa shape index (κ3) is 4.41. The van der Waals surface area contributed by atoms with E-state index >= 15 is 0 Å². The number of carbonyl (C=O) groups excluding carboxylic acids is 2. The maximum atomic E-state index is 14.7. The summed E-state index contributed by atoms with van der Waals surface area (Å²) in [6, 6.07) is 11.9. The summed E-state index contributed by atoms with van der Waals surface area (Å²) in [6.07, 6.45) is 0. The van der Waals surface area contributed by atoms with Gasteiger partial charge >= 0.3 is 0 Å². The molecule has 29 heavy (non-hydrogen) atoms. The van der Waals surface area contributed by atoms with E-state index in [4.69, 9.17) is 11.6 Å². The van der Waals surface area contributed by atoms with Crippen LogP contribution in [0.4, 0.5) is 20.8 Å². The van der Waals surface area contributed by atoms with Crippen molar-refractivity contribution in [1.29, 1.82) is 0 Å². The lowest BCUT2D eigenvalue weighted by atomic mass is 10.0. The molecule has 0 aliphatic heterocycles. The van der Waals surface area contributed by atoms with Crippen LogP contribution < -0.4 is 21.9 Å². The minimum atomic E-state index is -0.843. The highest BCUT2D eigenvalue weighted by Crippen LogP contribution is 2.31. The molecule has 5 N–H and O–H groups in total. The quantitative estimate of drug-likeness (QED) is 0.311. The number of ketones is 1. The Morgan fingerprint density at radius 3 is 2.48 bits per heavy atom. The van der Waals surface area contributed by atoms with Gasteiger partial charge in [0.2, 0.25) is 0 Å². The van der Waals surface area contributed by atoms with Gasteiger partial charge in [-0.1, -0.05) is 30.3 Å². The van der Waals surface area contributed by atoms with Gasteiger partial charge in [-0.3, -0.25) is 14.6 Å². The molecule has 0 aliphatic carbocycles. The number of primary amides is 1. The number of hydrazine groups is 1. The molecule has 0 saturated heterocycles. The molecule has 150 valence electrons. The van der Waals surface area contributed by atoms with Gasteiger partial charge in [-0.05, 0) is 43.6 Å². The van der Waals surface area contributed by atoms with Gasteiger partial charge in [-0.2, -0.15) is 4.37 Å². The first-order valence-corrected chi connectivity index (χ1v) is 9.52. The topological polar surface area (TPSA) is 114 Å². The van der Waals surface area contributed by atoms with Crippen LogP contribution in [0.3, 0.4) is 0 Å². The zero-order chi connectivity index (χ0) is 21.1. The lowest BCUT2D eigenvalue weighted by Crippen LogP contribution is -2.45. The van der Waals surface area contributed by atoms with Crippen LogP contribution in [0.25, 0.3) is 0 Å². The molecule has 3 aromatic rings. The minimum Gasteiger partial charge on any atom is -0.366 e. The van der Waals surface area contributed by atoms with Crippen LogP contribution in [0.15, 0.2) is 48.5 Å². The summed E-state index contributed by atoms with van der Waals surface area (Å²) in [7, 11) is 0. The largest absolute Gasteiger partial charge is 0.366 e. The molecule has 1 amide bonds. The number of rotatable bonds is 7. The van der Waals surface area contributed by atoms with Crippen molar-refractivity contribution in [2.45, 2.75) is 19.9 Å². The summed E-state index contributed by atoms with van der Waals surface area (Å²) in [5.41, 5.74) is 6.84. The van der Waals surface area contributed by atoms with E-state index < -0.39 is 17.8 Å². The molecule has 0 bridgehead atoms. The summed E-state index contributed by atoms with van der Waals surface area (Å²) in [5.74, 6) is 4.27. The number of carbonyl (C=O) groups is 2. The number of aromatic nitrogens is 1. The van der Waals surface area contributed by atoms with Crippen molar-refractivity contribution in [1.82, 2.24) is 4.37 Å². The van der Waals surface area contributed by atoms with E-state index in [1.165, 1.54) is 17.6 Å². The standard InChI is InChI=1S/C20H20FN5O2S/c1-11-8-18(29-25-11)24-16-10-17(15(21)9-14(16)20(22)28)26(23)12(2)19(27)13-6-4-3-5-7-13/h3-10,12,24H,23H2,1-2H3,(H2,22,28). The molecule has 0 spiro atoms. The SMILES string of the molecule is Cc1cc(Nc2cc(N(N)C(C)C(=O)c3ccccc3)c(F)cc2C(N)=O)sn1. The van der Waals surface area contributed by atoms with Gasteiger partial charge in [0.05, 0.1) is 22.6 Å². The predicted molar refractivity (Wildman–Crippen MR) is 112 cm³/mol. The summed E-state index contributed by atoms with van der Waals surface area (Å²) in [5, 5.41) is 4.71. The second kappa shape index (κ2) is 8.38. The van der Waals surface area contributed by atoms with Crippen LogP contribution in [0.1, 0.15) is 33.3 Å². The number of aryl methyl sites for hydroxylation is 1. The fourth-order valence-electron chi connectivity index (χ4n) is 2.80. The summed E-state index contributed by atoms with van der Waals surface area (Å²) in [4.78, 5) is 24.5. The highest BCUT2D eigenvalue weighted by atomic mass is 32.1. The van der Waals surface area contributed by atoms with E-state index in [1.54, 1.807) is 43.3 Å². The number of Topliss-reactive ketones (excluding diaryl/α,β-unsaturated/α-hetero) is 1. The molecule has 0 radical (unpaired) electrons. The number of halogens is 1. The minimum absolute atomic E-state index is 0.0345. The Morgan fingerprint density at radius 2 is 1.90 bits per heavy atom. The van der Waals surface area contributed by atoms with E-state index in [0.29, 0.717) is 10.6 Å². The van der Waals surface area contributed by atoms with Gasteiger partial charge in [0.1, 0.15) is 16.9 Å². The van der Waals surface area contributed by atoms with Crippen LogP contribution in [0.5, 0.6) is 0 Å². The Hall–Kier alpha value is -3.30. The summed E-state index contributed by atoms with van der Waals surface area (Å²) < 4.78 is 18.9. The molecular weight excluding hydrogens is 393 g/mol. The van der Waals surface area contributed by atoms with Gasteiger partial charge in [-0.25, -0.2) is 10.2 Å². The number of benzene rings is 2. The Bertz CT molecular complexity index is 1050. The van der Waals surface area contributed by atoms with Gasteiger partial charge in [-0.15, -0.1) is 0 Å². The number of amides is 1. The number of hydrogen-bond acceptors (Lipinski definition) is 7. The first-order chi connectivity index (χ1) is 13.8. The van der Waals surface area contributed by atoms with Crippen molar-refractivity contribution >= 4 is 39.6 Å². The van der Waals surface area contributed by atoms with E-state index in [2.05, 4.69) is 9.69 Å². The molecule has 1 atom stereocenters. The van der Waals surface area contributed by atoms with Crippen molar-refractivity contribution in [3.8, 4) is 0 Å². The first-order valence-electron chi connectivity index (χ1n) is 8.74. The molecular formula is C20H20FN5O2S. The molecule has 0 aliphatic rings. The second-order valence-corrected chi connectivity index (χ2v) is 7.29. The van der Waals surface area contributed by atoms with Crippen LogP contribution in [-0.4, -0.2) is 22.1 Å². The lowest BCUT2D eigenvalue weighted by Gasteiger charge is -2.26. The number of anilines is 3. The average Bonchev–Trinajstić information content (AvgIpc) is 3.12. The van der Waals surface area contributed by atoms with E-state index in [-0.39, 0.29) is 22.7 Å². The van der Waals surface area contributed by atoms with Crippen molar-refractivity contribution < 1.29 is 14.0 Å². The van der Waals surface area contributed by atoms with Crippen LogP contribution in [-0.2, 0) is 0 Å². The number of hydrogen-bond donors (Lipinski definition) is 3. The van der Waals surface area contributed by atoms with E-state index in [1.807, 2.05) is 6.92 Å². The average molecular weight is 413 g/mol. The molecule has 1 aromatic heterocycles. The zero-order valence-electron chi connectivity index (χ0n) is 15.8. The van der Waals surface area contributed by atoms with Crippen molar-refractivity contribution in [3.63, 3.8) is 0 Å². The Kier molecular flexibility index (Phi) is 5.90. The molecule has 0 fully saturated rings. The van der Waals surface area contributed by atoms with Gasteiger partial charge in [0, 0.05) is 5.56 Å². The number of nitrogens with two attached hydrogens (primary N) is 2. The molecule has 1 heterocycles. The summed E-state index contributed by atoms with van der Waals surface area (Å²) in [6.45, 7) is 3.40. The van der Waals surface area contributed by atoms with Crippen LogP contribution >= 0.6 is 11.5 Å². The molecule has 2 aromatic carbocycles. The zero-order valence-corrected chi connectivity index (χ0v) is 16.7. The lowest BCUT2D eigenvalue weighted by molar-refractivity contribution is 0.0962. The monoisotopic (exact) mass is 413 g/mol. The van der Waals surface area contributed by atoms with Gasteiger partial charge in [0.15, 0.2) is 5.78 Å². The smallest absolute Gasteiger partial charge is 0.250 e. The maximum absolute atomic E-state index is 14.7.